The summed E-state index contributed by atoms with van der Waals surface area (Å²) in [6, 6.07) is 4.99. The second kappa shape index (κ2) is 5.91. The summed E-state index contributed by atoms with van der Waals surface area (Å²) in [4.78, 5) is 1.26. The molecule has 0 amide bonds. The Bertz CT molecular complexity index is 762. The van der Waals surface area contributed by atoms with Crippen LogP contribution in [0.25, 0.3) is 10.1 Å². The first-order chi connectivity index (χ1) is 10.1. The molecule has 3 rings (SSSR count). The van der Waals surface area contributed by atoms with Crippen molar-refractivity contribution < 1.29 is 4.39 Å². The summed E-state index contributed by atoms with van der Waals surface area (Å²) >= 11 is 1.65. The molecule has 0 aliphatic heterocycles. The number of hydrogen-bond donors (Lipinski definition) is 1. The van der Waals surface area contributed by atoms with Crippen molar-refractivity contribution in [2.75, 3.05) is 6.54 Å². The lowest BCUT2D eigenvalue weighted by Crippen LogP contribution is -2.16. The second-order valence-corrected chi connectivity index (χ2v) is 6.24. The number of nitrogens with zero attached hydrogens (tertiary/aromatic N) is 3. The maximum atomic E-state index is 13.3. The van der Waals surface area contributed by atoms with E-state index in [0.29, 0.717) is 0 Å². The number of thiophene rings is 1. The number of hydrogen-bond acceptors (Lipinski definition) is 4. The first-order valence-corrected chi connectivity index (χ1v) is 7.68. The number of benzene rings is 1. The predicted molar refractivity (Wildman–Crippen MR) is 82.9 cm³/mol. The van der Waals surface area contributed by atoms with Crippen LogP contribution in [-0.2, 0) is 20.0 Å². The van der Waals surface area contributed by atoms with Gasteiger partial charge in [0, 0.05) is 42.3 Å². The number of aryl methyl sites for hydroxylation is 2. The Morgan fingerprint density at radius 3 is 3.00 bits per heavy atom. The normalized spacial score (nSPS) is 11.4. The first kappa shape index (κ1) is 14.2. The van der Waals surface area contributed by atoms with E-state index in [1.54, 1.807) is 22.1 Å². The summed E-state index contributed by atoms with van der Waals surface area (Å²) < 4.78 is 16.0. The molecule has 4 nitrogen and oxygen atoms in total. The molecule has 0 atom stereocenters. The van der Waals surface area contributed by atoms with Crippen LogP contribution < -0.4 is 5.32 Å². The molecule has 2 heterocycles. The van der Waals surface area contributed by atoms with Gasteiger partial charge in [0.25, 0.3) is 0 Å². The quantitative estimate of drug-likeness (QED) is 0.737. The Hall–Kier alpha value is -1.79. The molecule has 1 aromatic carbocycles. The molecule has 6 heteroatoms. The highest BCUT2D eigenvalue weighted by molar-refractivity contribution is 7.19. The molecule has 0 saturated heterocycles. The molecule has 0 fully saturated rings. The molecule has 0 spiro atoms. The van der Waals surface area contributed by atoms with Crippen LogP contribution in [0.15, 0.2) is 24.4 Å². The van der Waals surface area contributed by atoms with Gasteiger partial charge in [-0.15, -0.1) is 16.4 Å². The highest BCUT2D eigenvalue weighted by Crippen LogP contribution is 2.31. The van der Waals surface area contributed by atoms with Crippen LogP contribution in [0.4, 0.5) is 4.39 Å². The topological polar surface area (TPSA) is 42.7 Å². The van der Waals surface area contributed by atoms with E-state index in [2.05, 4.69) is 22.6 Å². The summed E-state index contributed by atoms with van der Waals surface area (Å²) in [7, 11) is 1.86. The smallest absolute Gasteiger partial charge is 0.124 e. The zero-order valence-corrected chi connectivity index (χ0v) is 12.9. The second-order valence-electron chi connectivity index (χ2n) is 5.10. The molecule has 0 bridgehead atoms. The van der Waals surface area contributed by atoms with Crippen molar-refractivity contribution in [1.29, 1.82) is 0 Å². The fourth-order valence-electron chi connectivity index (χ4n) is 2.35. The molecule has 0 aliphatic carbocycles. The van der Waals surface area contributed by atoms with Gasteiger partial charge in [-0.1, -0.05) is 11.3 Å². The predicted octanol–water partition coefficient (Wildman–Crippen LogP) is 2.81. The first-order valence-electron chi connectivity index (χ1n) is 6.87. The Balaban J connectivity index is 1.61. The van der Waals surface area contributed by atoms with E-state index in [-0.39, 0.29) is 5.82 Å². The van der Waals surface area contributed by atoms with E-state index in [0.717, 1.165) is 35.3 Å². The molecule has 2 aromatic heterocycles. The maximum Gasteiger partial charge on any atom is 0.124 e. The van der Waals surface area contributed by atoms with Crippen molar-refractivity contribution in [3.8, 4) is 0 Å². The molecule has 21 heavy (non-hydrogen) atoms. The molecule has 0 saturated carbocycles. The molecule has 110 valence electrons. The maximum absolute atomic E-state index is 13.3. The van der Waals surface area contributed by atoms with E-state index in [9.17, 15) is 4.39 Å². The van der Waals surface area contributed by atoms with Crippen LogP contribution in [0, 0.1) is 12.7 Å². The van der Waals surface area contributed by atoms with Gasteiger partial charge in [0.2, 0.25) is 0 Å². The molecule has 3 aromatic rings. The minimum Gasteiger partial charge on any atom is -0.311 e. The van der Waals surface area contributed by atoms with Gasteiger partial charge >= 0.3 is 0 Å². The lowest BCUT2D eigenvalue weighted by atomic mass is 10.1. The third-order valence-electron chi connectivity index (χ3n) is 3.49. The average Bonchev–Trinajstić information content (AvgIpc) is 2.99. The summed E-state index contributed by atoms with van der Waals surface area (Å²) in [5.74, 6) is -0.175. The Labute approximate surface area is 126 Å². The monoisotopic (exact) mass is 304 g/mol. The highest BCUT2D eigenvalue weighted by Gasteiger charge is 2.08. The van der Waals surface area contributed by atoms with Crippen LogP contribution in [0.3, 0.4) is 0 Å². The molecule has 1 N–H and O–H groups in total. The van der Waals surface area contributed by atoms with Crippen molar-refractivity contribution in [3.63, 3.8) is 0 Å². The van der Waals surface area contributed by atoms with Crippen molar-refractivity contribution in [2.24, 2.45) is 7.05 Å². The average molecular weight is 304 g/mol. The van der Waals surface area contributed by atoms with E-state index >= 15 is 0 Å². The molecular formula is C15H17FN4S. The number of rotatable bonds is 5. The van der Waals surface area contributed by atoms with Gasteiger partial charge in [-0.25, -0.2) is 4.39 Å². The van der Waals surface area contributed by atoms with Crippen molar-refractivity contribution in [1.82, 2.24) is 20.3 Å². The SMILES string of the molecule is Cc1c(CNCCc2cn(C)nn2)sc2cc(F)ccc12. The van der Waals surface area contributed by atoms with Crippen LogP contribution >= 0.6 is 11.3 Å². The standard InChI is InChI=1S/C15H17FN4S/c1-10-13-4-3-11(16)7-14(13)21-15(10)8-17-6-5-12-9-20(2)19-18-12/h3-4,7,9,17H,5-6,8H2,1-2H3. The number of fused-ring (bicyclic) bond motifs is 1. The van der Waals surface area contributed by atoms with E-state index in [1.807, 2.05) is 19.3 Å². The largest absolute Gasteiger partial charge is 0.311 e. The summed E-state index contributed by atoms with van der Waals surface area (Å²) in [6.45, 7) is 3.74. The van der Waals surface area contributed by atoms with Gasteiger partial charge in [0.05, 0.1) is 5.69 Å². The number of nitrogens with one attached hydrogen (secondary N) is 1. The van der Waals surface area contributed by atoms with Crippen molar-refractivity contribution >= 4 is 21.4 Å². The van der Waals surface area contributed by atoms with Crippen LogP contribution in [0.5, 0.6) is 0 Å². The molecule has 0 radical (unpaired) electrons. The van der Waals surface area contributed by atoms with Crippen LogP contribution in [-0.4, -0.2) is 21.5 Å². The lowest BCUT2D eigenvalue weighted by molar-refractivity contribution is 0.630. The van der Waals surface area contributed by atoms with Crippen molar-refractivity contribution in [3.05, 3.63) is 46.3 Å². The number of aromatic nitrogens is 3. The van der Waals surface area contributed by atoms with Gasteiger partial charge in [0.1, 0.15) is 5.82 Å². The van der Waals surface area contributed by atoms with Gasteiger partial charge in [-0.2, -0.15) is 0 Å². The fourth-order valence-corrected chi connectivity index (χ4v) is 3.55. The number of halogens is 1. The van der Waals surface area contributed by atoms with Crippen LogP contribution in [0.1, 0.15) is 16.1 Å². The van der Waals surface area contributed by atoms with Gasteiger partial charge in [-0.05, 0) is 30.0 Å². The van der Waals surface area contributed by atoms with E-state index < -0.39 is 0 Å². The van der Waals surface area contributed by atoms with E-state index in [1.165, 1.54) is 16.5 Å². The third-order valence-corrected chi connectivity index (χ3v) is 4.75. The lowest BCUT2D eigenvalue weighted by Gasteiger charge is -2.02. The summed E-state index contributed by atoms with van der Waals surface area (Å²) in [6.07, 6.45) is 2.78. The van der Waals surface area contributed by atoms with E-state index in [4.69, 9.17) is 0 Å². The minimum atomic E-state index is -0.175. The Morgan fingerprint density at radius 1 is 1.38 bits per heavy atom. The molecule has 0 unspecified atom stereocenters. The van der Waals surface area contributed by atoms with Crippen molar-refractivity contribution in [2.45, 2.75) is 19.9 Å². The highest BCUT2D eigenvalue weighted by atomic mass is 32.1. The van der Waals surface area contributed by atoms with Gasteiger partial charge in [-0.3, -0.25) is 4.68 Å². The minimum absolute atomic E-state index is 0.175. The summed E-state index contributed by atoms with van der Waals surface area (Å²) in [5, 5.41) is 12.5. The Morgan fingerprint density at radius 2 is 2.24 bits per heavy atom. The van der Waals surface area contributed by atoms with Crippen LogP contribution in [0.2, 0.25) is 0 Å². The molecule has 0 aliphatic rings. The fraction of sp³-hybridized carbons (Fsp3) is 0.333. The summed E-state index contributed by atoms with van der Waals surface area (Å²) in [5.41, 5.74) is 2.22. The van der Waals surface area contributed by atoms with Gasteiger partial charge < -0.3 is 5.32 Å². The van der Waals surface area contributed by atoms with Gasteiger partial charge in [0.15, 0.2) is 0 Å². The zero-order valence-electron chi connectivity index (χ0n) is 12.1. The Kier molecular flexibility index (Phi) is 3.98. The molecular weight excluding hydrogens is 287 g/mol. The third kappa shape index (κ3) is 3.11. The zero-order chi connectivity index (χ0) is 14.8.